The minimum absolute atomic E-state index is 0.0567. The highest BCUT2D eigenvalue weighted by Crippen LogP contribution is 2.27. The Kier molecular flexibility index (Phi) is 6.85. The molecule has 34 heavy (non-hydrogen) atoms. The van der Waals surface area contributed by atoms with E-state index >= 15 is 0 Å². The highest BCUT2D eigenvalue weighted by atomic mass is 19.1. The number of carbonyl (C=O) groups is 1. The molecule has 0 atom stereocenters. The Morgan fingerprint density at radius 2 is 1.88 bits per heavy atom. The summed E-state index contributed by atoms with van der Waals surface area (Å²) < 4.78 is 18.5. The molecule has 0 spiro atoms. The first-order chi connectivity index (χ1) is 16.7. The third-order valence-electron chi connectivity index (χ3n) is 6.78. The van der Waals surface area contributed by atoms with Gasteiger partial charge in [0.25, 0.3) is 0 Å². The van der Waals surface area contributed by atoms with Gasteiger partial charge >= 0.3 is 0 Å². The molecule has 1 saturated heterocycles. The van der Waals surface area contributed by atoms with Crippen LogP contribution in [0.2, 0.25) is 0 Å². The molecule has 0 saturated carbocycles. The van der Waals surface area contributed by atoms with Gasteiger partial charge in [0.15, 0.2) is 0 Å². The number of aromatic nitrogens is 2. The standard InChI is InChI=1S/C26H30FN5O2/c27-22-8-6-20(7-9-22)25-29-24(34-30-25)18-31-15-10-21(11-16-31)26(33)28-13-3-14-32-17-12-19-4-1-2-5-23(19)32/h1-2,4-9,21H,3,10-18H2,(H,28,33). The van der Waals surface area contributed by atoms with Gasteiger partial charge in [-0.1, -0.05) is 23.4 Å². The molecule has 3 aromatic rings. The molecule has 0 bridgehead atoms. The Morgan fingerprint density at radius 1 is 1.09 bits per heavy atom. The van der Waals surface area contributed by atoms with Crippen molar-refractivity contribution in [2.24, 2.45) is 5.92 Å². The van der Waals surface area contributed by atoms with E-state index in [1.54, 1.807) is 12.1 Å². The fraction of sp³-hybridized carbons (Fsp3) is 0.423. The SMILES string of the molecule is O=C(NCCCN1CCc2ccccc21)C1CCN(Cc2nc(-c3ccc(F)cc3)no2)CC1. The van der Waals surface area contributed by atoms with Crippen molar-refractivity contribution in [2.75, 3.05) is 37.6 Å². The van der Waals surface area contributed by atoms with Crippen LogP contribution in [0.5, 0.6) is 0 Å². The molecule has 7 nitrogen and oxygen atoms in total. The van der Waals surface area contributed by atoms with Crippen molar-refractivity contribution >= 4 is 11.6 Å². The maximum atomic E-state index is 13.1. The van der Waals surface area contributed by atoms with Gasteiger partial charge in [-0.05, 0) is 74.7 Å². The number of piperidine rings is 1. The van der Waals surface area contributed by atoms with Crippen molar-refractivity contribution in [3.63, 3.8) is 0 Å². The average Bonchev–Trinajstić information content (AvgIpc) is 3.50. The number of benzene rings is 2. The number of carbonyl (C=O) groups excluding carboxylic acids is 1. The van der Waals surface area contributed by atoms with Crippen LogP contribution < -0.4 is 10.2 Å². The van der Waals surface area contributed by atoms with Crippen molar-refractivity contribution in [3.8, 4) is 11.4 Å². The smallest absolute Gasteiger partial charge is 0.241 e. The summed E-state index contributed by atoms with van der Waals surface area (Å²) in [6.07, 6.45) is 3.71. The van der Waals surface area contributed by atoms with Crippen LogP contribution in [0.4, 0.5) is 10.1 Å². The summed E-state index contributed by atoms with van der Waals surface area (Å²) in [6.45, 7) is 4.94. The van der Waals surface area contributed by atoms with Gasteiger partial charge in [-0.15, -0.1) is 0 Å². The van der Waals surface area contributed by atoms with Crippen molar-refractivity contribution in [1.82, 2.24) is 20.4 Å². The average molecular weight is 464 g/mol. The molecule has 178 valence electrons. The van der Waals surface area contributed by atoms with E-state index in [2.05, 4.69) is 49.5 Å². The Hall–Kier alpha value is -3.26. The number of anilines is 1. The van der Waals surface area contributed by atoms with Gasteiger partial charge in [0.2, 0.25) is 17.6 Å². The van der Waals surface area contributed by atoms with Crippen LogP contribution in [0.3, 0.4) is 0 Å². The number of nitrogens with zero attached hydrogens (tertiary/aromatic N) is 4. The normalized spacial score (nSPS) is 16.6. The number of amides is 1. The number of para-hydroxylation sites is 1. The zero-order valence-electron chi connectivity index (χ0n) is 19.3. The molecule has 1 N–H and O–H groups in total. The molecule has 1 amide bonds. The number of hydrogen-bond acceptors (Lipinski definition) is 6. The molecule has 2 aromatic carbocycles. The molecule has 1 aromatic heterocycles. The van der Waals surface area contributed by atoms with Gasteiger partial charge in [-0.3, -0.25) is 9.69 Å². The zero-order valence-corrected chi connectivity index (χ0v) is 19.3. The van der Waals surface area contributed by atoms with Crippen LogP contribution in [-0.4, -0.2) is 53.7 Å². The van der Waals surface area contributed by atoms with Crippen molar-refractivity contribution in [2.45, 2.75) is 32.2 Å². The lowest BCUT2D eigenvalue weighted by Gasteiger charge is -2.30. The van der Waals surface area contributed by atoms with Gasteiger partial charge in [0.1, 0.15) is 5.82 Å². The topological polar surface area (TPSA) is 74.5 Å². The van der Waals surface area contributed by atoms with E-state index < -0.39 is 0 Å². The number of hydrogen-bond donors (Lipinski definition) is 1. The summed E-state index contributed by atoms with van der Waals surface area (Å²) in [7, 11) is 0. The lowest BCUT2D eigenvalue weighted by Crippen LogP contribution is -2.40. The molecule has 2 aliphatic rings. The van der Waals surface area contributed by atoms with Gasteiger partial charge in [0, 0.05) is 36.8 Å². The van der Waals surface area contributed by atoms with Crippen LogP contribution in [0, 0.1) is 11.7 Å². The minimum Gasteiger partial charge on any atom is -0.371 e. The van der Waals surface area contributed by atoms with E-state index in [1.807, 2.05) is 0 Å². The van der Waals surface area contributed by atoms with Gasteiger partial charge in [-0.2, -0.15) is 4.98 Å². The van der Waals surface area contributed by atoms with Crippen molar-refractivity contribution in [1.29, 1.82) is 0 Å². The van der Waals surface area contributed by atoms with Crippen molar-refractivity contribution < 1.29 is 13.7 Å². The number of rotatable bonds is 8. The summed E-state index contributed by atoms with van der Waals surface area (Å²) in [5.41, 5.74) is 3.48. The maximum Gasteiger partial charge on any atom is 0.241 e. The molecule has 8 heteroatoms. The van der Waals surface area contributed by atoms with E-state index in [0.29, 0.717) is 24.8 Å². The van der Waals surface area contributed by atoms with Gasteiger partial charge in [0.05, 0.1) is 6.54 Å². The lowest BCUT2D eigenvalue weighted by molar-refractivity contribution is -0.126. The van der Waals surface area contributed by atoms with E-state index in [0.717, 1.165) is 57.4 Å². The van der Waals surface area contributed by atoms with E-state index in [-0.39, 0.29) is 17.6 Å². The quantitative estimate of drug-likeness (QED) is 0.514. The fourth-order valence-electron chi connectivity index (χ4n) is 4.84. The second kappa shape index (κ2) is 10.3. The summed E-state index contributed by atoms with van der Waals surface area (Å²) >= 11 is 0. The summed E-state index contributed by atoms with van der Waals surface area (Å²) in [5.74, 6) is 0.920. The summed E-state index contributed by atoms with van der Waals surface area (Å²) in [5, 5.41) is 7.14. The van der Waals surface area contributed by atoms with Gasteiger partial charge in [-0.25, -0.2) is 4.39 Å². The van der Waals surface area contributed by atoms with Crippen molar-refractivity contribution in [3.05, 3.63) is 65.8 Å². The second-order valence-corrected chi connectivity index (χ2v) is 9.08. The third kappa shape index (κ3) is 5.28. The second-order valence-electron chi connectivity index (χ2n) is 9.08. The molecule has 0 aliphatic carbocycles. The molecular formula is C26H30FN5O2. The number of halogens is 1. The Balaban J connectivity index is 1.02. The fourth-order valence-corrected chi connectivity index (χ4v) is 4.84. The highest BCUT2D eigenvalue weighted by Gasteiger charge is 2.26. The third-order valence-corrected chi connectivity index (χ3v) is 6.78. The Morgan fingerprint density at radius 3 is 2.71 bits per heavy atom. The van der Waals surface area contributed by atoms with E-state index in [9.17, 15) is 9.18 Å². The molecule has 0 radical (unpaired) electrons. The van der Waals surface area contributed by atoms with Crippen LogP contribution in [-0.2, 0) is 17.8 Å². The first-order valence-corrected chi connectivity index (χ1v) is 12.1. The van der Waals surface area contributed by atoms with E-state index in [1.165, 1.54) is 23.4 Å². The molecule has 5 rings (SSSR count). The molecular weight excluding hydrogens is 433 g/mol. The maximum absolute atomic E-state index is 13.1. The lowest BCUT2D eigenvalue weighted by atomic mass is 9.96. The van der Waals surface area contributed by atoms with Crippen LogP contribution in [0.1, 0.15) is 30.7 Å². The monoisotopic (exact) mass is 463 g/mol. The van der Waals surface area contributed by atoms with Gasteiger partial charge < -0.3 is 14.7 Å². The summed E-state index contributed by atoms with van der Waals surface area (Å²) in [6, 6.07) is 14.6. The van der Waals surface area contributed by atoms with Crippen LogP contribution in [0.15, 0.2) is 53.1 Å². The Labute approximate surface area is 198 Å². The van der Waals surface area contributed by atoms with Crippen LogP contribution >= 0.6 is 0 Å². The first-order valence-electron chi connectivity index (χ1n) is 12.1. The number of nitrogens with one attached hydrogen (secondary N) is 1. The Bertz CT molecular complexity index is 1110. The number of likely N-dealkylation sites (tertiary alicyclic amines) is 1. The highest BCUT2D eigenvalue weighted by molar-refractivity contribution is 5.78. The zero-order chi connectivity index (χ0) is 23.3. The molecule has 1 fully saturated rings. The molecule has 3 heterocycles. The predicted molar refractivity (Wildman–Crippen MR) is 128 cm³/mol. The van der Waals surface area contributed by atoms with E-state index in [4.69, 9.17) is 4.52 Å². The number of fused-ring (bicyclic) bond motifs is 1. The predicted octanol–water partition coefficient (Wildman–Crippen LogP) is 3.66. The minimum atomic E-state index is -0.295. The largest absolute Gasteiger partial charge is 0.371 e. The van der Waals surface area contributed by atoms with Crippen LogP contribution in [0.25, 0.3) is 11.4 Å². The molecule has 2 aliphatic heterocycles. The molecule has 0 unspecified atom stereocenters. The summed E-state index contributed by atoms with van der Waals surface area (Å²) in [4.78, 5) is 21.7. The first kappa shape index (κ1) is 22.5.